The van der Waals surface area contributed by atoms with Crippen molar-refractivity contribution in [2.45, 2.75) is 25.8 Å². The maximum atomic E-state index is 12.8. The number of likely N-dealkylation sites (tertiary alicyclic amines) is 1. The second-order valence-corrected chi connectivity index (χ2v) is 5.82. The van der Waals surface area contributed by atoms with E-state index in [4.69, 9.17) is 0 Å². The summed E-state index contributed by atoms with van der Waals surface area (Å²) in [6.45, 7) is 2.46. The second kappa shape index (κ2) is 6.27. The van der Waals surface area contributed by atoms with E-state index in [1.165, 1.54) is 12.1 Å². The Kier molecular flexibility index (Phi) is 4.16. The van der Waals surface area contributed by atoms with Crippen molar-refractivity contribution in [3.63, 3.8) is 0 Å². The van der Waals surface area contributed by atoms with Crippen molar-refractivity contribution in [2.24, 2.45) is 0 Å². The third-order valence-corrected chi connectivity index (χ3v) is 4.19. The zero-order chi connectivity index (χ0) is 17.3. The number of benzene rings is 1. The number of carbonyl (C=O) groups is 1. The Morgan fingerprint density at radius 3 is 2.83 bits per heavy atom. The fourth-order valence-corrected chi connectivity index (χ4v) is 3.04. The van der Waals surface area contributed by atoms with E-state index in [9.17, 15) is 20.0 Å². The normalized spacial score (nSPS) is 17.0. The van der Waals surface area contributed by atoms with Crippen LogP contribution >= 0.6 is 0 Å². The van der Waals surface area contributed by atoms with Gasteiger partial charge in [-0.2, -0.15) is 0 Å². The van der Waals surface area contributed by atoms with Crippen LogP contribution in [0.5, 0.6) is 5.75 Å². The van der Waals surface area contributed by atoms with Crippen molar-refractivity contribution in [3.05, 3.63) is 63.5 Å². The number of aromatic hydroxyl groups is 1. The van der Waals surface area contributed by atoms with E-state index in [-0.39, 0.29) is 28.9 Å². The summed E-state index contributed by atoms with van der Waals surface area (Å²) in [4.78, 5) is 29.1. The van der Waals surface area contributed by atoms with Crippen LogP contribution in [0.15, 0.2) is 36.4 Å². The van der Waals surface area contributed by atoms with E-state index >= 15 is 0 Å². The Balaban J connectivity index is 1.90. The highest BCUT2D eigenvalue weighted by molar-refractivity contribution is 5.97. The topological polar surface area (TPSA) is 96.6 Å². The lowest BCUT2D eigenvalue weighted by Gasteiger charge is -2.25. The molecule has 0 spiro atoms. The molecule has 1 aliphatic heterocycles. The maximum Gasteiger partial charge on any atom is 0.273 e. The summed E-state index contributed by atoms with van der Waals surface area (Å²) in [7, 11) is 0. The molecule has 3 rings (SSSR count). The van der Waals surface area contributed by atoms with Crippen LogP contribution in [0.1, 0.15) is 40.6 Å². The van der Waals surface area contributed by atoms with Gasteiger partial charge in [-0.25, -0.2) is 0 Å². The van der Waals surface area contributed by atoms with Crippen molar-refractivity contribution in [2.75, 3.05) is 6.54 Å². The van der Waals surface area contributed by atoms with Crippen LogP contribution in [0, 0.1) is 17.0 Å². The molecule has 24 heavy (non-hydrogen) atoms. The summed E-state index contributed by atoms with van der Waals surface area (Å²) in [5.41, 5.74) is 1.52. The van der Waals surface area contributed by atoms with Gasteiger partial charge in [-0.3, -0.25) is 19.9 Å². The summed E-state index contributed by atoms with van der Waals surface area (Å²) in [6, 6.07) is 9.07. The van der Waals surface area contributed by atoms with E-state index in [0.717, 1.165) is 30.3 Å². The van der Waals surface area contributed by atoms with Crippen LogP contribution in [0.25, 0.3) is 0 Å². The molecule has 1 aliphatic rings. The maximum absolute atomic E-state index is 12.8. The average molecular weight is 327 g/mol. The van der Waals surface area contributed by atoms with Gasteiger partial charge in [0.1, 0.15) is 5.75 Å². The van der Waals surface area contributed by atoms with Crippen LogP contribution in [0.3, 0.4) is 0 Å². The molecule has 7 nitrogen and oxygen atoms in total. The number of pyridine rings is 1. The molecule has 1 fully saturated rings. The highest BCUT2D eigenvalue weighted by Crippen LogP contribution is 2.34. The van der Waals surface area contributed by atoms with E-state index in [1.807, 2.05) is 25.1 Å². The first-order valence-corrected chi connectivity index (χ1v) is 7.69. The van der Waals surface area contributed by atoms with Gasteiger partial charge in [0.25, 0.3) is 11.6 Å². The monoisotopic (exact) mass is 327 g/mol. The van der Waals surface area contributed by atoms with Gasteiger partial charge in [0.15, 0.2) is 0 Å². The molecule has 1 saturated heterocycles. The van der Waals surface area contributed by atoms with Crippen molar-refractivity contribution in [1.29, 1.82) is 0 Å². The molecule has 7 heteroatoms. The van der Waals surface area contributed by atoms with Gasteiger partial charge in [-0.1, -0.05) is 6.07 Å². The predicted molar refractivity (Wildman–Crippen MR) is 86.7 cm³/mol. The van der Waals surface area contributed by atoms with Gasteiger partial charge in [0, 0.05) is 18.3 Å². The molecule has 1 aromatic carbocycles. The van der Waals surface area contributed by atoms with Crippen LogP contribution in [-0.4, -0.2) is 32.4 Å². The molecule has 0 aliphatic carbocycles. The molecule has 2 heterocycles. The highest BCUT2D eigenvalue weighted by Gasteiger charge is 2.32. The number of phenols is 1. The molecular formula is C17H17N3O4. The smallest absolute Gasteiger partial charge is 0.273 e. The summed E-state index contributed by atoms with van der Waals surface area (Å²) in [5, 5.41) is 20.8. The molecule has 124 valence electrons. The number of aromatic nitrogens is 1. The van der Waals surface area contributed by atoms with Gasteiger partial charge in [0.2, 0.25) is 0 Å². The van der Waals surface area contributed by atoms with E-state index in [2.05, 4.69) is 4.98 Å². The molecule has 0 unspecified atom stereocenters. The van der Waals surface area contributed by atoms with Crippen molar-refractivity contribution in [3.8, 4) is 5.75 Å². The van der Waals surface area contributed by atoms with Gasteiger partial charge < -0.3 is 10.0 Å². The fourth-order valence-electron chi connectivity index (χ4n) is 3.04. The first kappa shape index (κ1) is 15.9. The largest absolute Gasteiger partial charge is 0.507 e. The minimum Gasteiger partial charge on any atom is -0.507 e. The number of carbonyl (C=O) groups excluding carboxylic acids is 1. The number of nitrogens with zero attached hydrogens (tertiary/aromatic N) is 3. The fraction of sp³-hybridized carbons (Fsp3) is 0.294. The molecule has 1 atom stereocenters. The number of hydrogen-bond acceptors (Lipinski definition) is 5. The van der Waals surface area contributed by atoms with Crippen LogP contribution < -0.4 is 0 Å². The Labute approximate surface area is 138 Å². The molecule has 2 aromatic rings. The molecule has 0 saturated carbocycles. The third-order valence-electron chi connectivity index (χ3n) is 4.19. The Hall–Kier alpha value is -2.96. The van der Waals surface area contributed by atoms with Crippen LogP contribution in [-0.2, 0) is 0 Å². The average Bonchev–Trinajstić information content (AvgIpc) is 3.03. The SMILES string of the molecule is Cc1cccc([C@H]2CCCN2C(=O)c2ccc([N+](=O)[O-])cc2O)n1. The predicted octanol–water partition coefficient (Wildman–Crippen LogP) is 2.98. The molecule has 1 aromatic heterocycles. The van der Waals surface area contributed by atoms with E-state index < -0.39 is 4.92 Å². The lowest BCUT2D eigenvalue weighted by molar-refractivity contribution is -0.384. The molecule has 0 radical (unpaired) electrons. The quantitative estimate of drug-likeness (QED) is 0.690. The molecule has 0 bridgehead atoms. The zero-order valence-corrected chi connectivity index (χ0v) is 13.2. The number of non-ortho nitro benzene ring substituents is 1. The van der Waals surface area contributed by atoms with Gasteiger partial charge in [0.05, 0.1) is 28.3 Å². The Bertz CT molecular complexity index is 806. The lowest BCUT2D eigenvalue weighted by Crippen LogP contribution is -2.31. The summed E-state index contributed by atoms with van der Waals surface area (Å²) >= 11 is 0. The summed E-state index contributed by atoms with van der Waals surface area (Å²) in [6.07, 6.45) is 1.65. The Morgan fingerprint density at radius 2 is 2.17 bits per heavy atom. The summed E-state index contributed by atoms with van der Waals surface area (Å²) < 4.78 is 0. The molecule has 1 amide bonds. The van der Waals surface area contributed by atoms with Crippen molar-refractivity contribution in [1.82, 2.24) is 9.88 Å². The van der Waals surface area contributed by atoms with Gasteiger partial charge in [-0.05, 0) is 38.0 Å². The molecule has 1 N–H and O–H groups in total. The third kappa shape index (κ3) is 2.92. The number of nitro benzene ring substituents is 1. The number of phenolic OH excluding ortho intramolecular Hbond substituents is 1. The number of aryl methyl sites for hydroxylation is 1. The van der Waals surface area contributed by atoms with Crippen molar-refractivity contribution < 1.29 is 14.8 Å². The van der Waals surface area contributed by atoms with Crippen molar-refractivity contribution >= 4 is 11.6 Å². The number of nitro groups is 1. The van der Waals surface area contributed by atoms with Crippen LogP contribution in [0.4, 0.5) is 5.69 Å². The van der Waals surface area contributed by atoms with Gasteiger partial charge >= 0.3 is 0 Å². The molecular weight excluding hydrogens is 310 g/mol. The van der Waals surface area contributed by atoms with Gasteiger partial charge in [-0.15, -0.1) is 0 Å². The summed E-state index contributed by atoms with van der Waals surface area (Å²) in [5.74, 6) is -0.717. The lowest BCUT2D eigenvalue weighted by atomic mass is 10.1. The first-order chi connectivity index (χ1) is 11.5. The standard InChI is InChI=1S/C17H17N3O4/c1-11-4-2-5-14(18-11)15-6-3-9-19(15)17(22)13-8-7-12(20(23)24)10-16(13)21/h2,4-5,7-8,10,15,21H,3,6,9H2,1H3/t15-/m1/s1. The van der Waals surface area contributed by atoms with E-state index in [1.54, 1.807) is 4.90 Å². The highest BCUT2D eigenvalue weighted by atomic mass is 16.6. The number of hydrogen-bond donors (Lipinski definition) is 1. The minimum absolute atomic E-state index is 0.0696. The van der Waals surface area contributed by atoms with E-state index in [0.29, 0.717) is 6.54 Å². The Morgan fingerprint density at radius 1 is 1.38 bits per heavy atom. The zero-order valence-electron chi connectivity index (χ0n) is 13.2. The number of rotatable bonds is 3. The number of amides is 1. The second-order valence-electron chi connectivity index (χ2n) is 5.82. The van der Waals surface area contributed by atoms with Crippen LogP contribution in [0.2, 0.25) is 0 Å². The minimum atomic E-state index is -0.608. The first-order valence-electron chi connectivity index (χ1n) is 7.69.